The number of nitrogens with zero attached hydrogens (tertiary/aromatic N) is 3. The van der Waals surface area contributed by atoms with E-state index in [0.29, 0.717) is 18.1 Å². The molecule has 1 saturated heterocycles. The Bertz CT molecular complexity index is 573. The first kappa shape index (κ1) is 15.2. The third-order valence-corrected chi connectivity index (χ3v) is 3.49. The summed E-state index contributed by atoms with van der Waals surface area (Å²) in [5, 5.41) is 5.56. The Balaban J connectivity index is 2.47. The highest BCUT2D eigenvalue weighted by atomic mass is 16.2. The molecular formula is C14H21N5O2. The summed E-state index contributed by atoms with van der Waals surface area (Å²) in [5.74, 6) is 1.43. The maximum absolute atomic E-state index is 12.0. The second-order valence-corrected chi connectivity index (χ2v) is 5.06. The molecule has 0 aromatic carbocycles. The molecule has 1 fully saturated rings. The number of rotatable bonds is 4. The number of carbonyl (C=O) groups is 2. The van der Waals surface area contributed by atoms with Crippen LogP contribution in [0.4, 0.5) is 11.6 Å². The number of aromatic nitrogens is 2. The molecule has 0 spiro atoms. The van der Waals surface area contributed by atoms with E-state index in [1.807, 2.05) is 20.8 Å². The number of hydrogen-bond donors (Lipinski definition) is 2. The number of amides is 2. The lowest BCUT2D eigenvalue weighted by molar-refractivity contribution is -0.132. The Kier molecular flexibility index (Phi) is 4.40. The molecule has 1 aromatic rings. The number of nitrogens with one attached hydrogen (secondary N) is 2. The van der Waals surface area contributed by atoms with E-state index < -0.39 is 0 Å². The summed E-state index contributed by atoms with van der Waals surface area (Å²) in [6, 6.07) is -0.384. The van der Waals surface area contributed by atoms with Gasteiger partial charge in [0.2, 0.25) is 11.8 Å². The van der Waals surface area contributed by atoms with Crippen molar-refractivity contribution in [1.29, 1.82) is 0 Å². The largest absolute Gasteiger partial charge is 0.370 e. The quantitative estimate of drug-likeness (QED) is 0.797. The van der Waals surface area contributed by atoms with E-state index in [1.54, 1.807) is 11.8 Å². The van der Waals surface area contributed by atoms with Crippen molar-refractivity contribution in [2.75, 3.05) is 23.3 Å². The summed E-state index contributed by atoms with van der Waals surface area (Å²) in [6.07, 6.45) is 0.609. The van der Waals surface area contributed by atoms with Crippen molar-refractivity contribution >= 4 is 23.5 Å². The zero-order valence-electron chi connectivity index (χ0n) is 12.9. The first-order valence-corrected chi connectivity index (χ1v) is 7.17. The van der Waals surface area contributed by atoms with Gasteiger partial charge in [0.25, 0.3) is 0 Å². The van der Waals surface area contributed by atoms with Crippen LogP contribution in [0, 0.1) is 13.8 Å². The van der Waals surface area contributed by atoms with Gasteiger partial charge in [-0.25, -0.2) is 9.97 Å². The molecule has 0 radical (unpaired) electrons. The molecule has 0 aliphatic carbocycles. The molecule has 1 aliphatic heterocycles. The fraction of sp³-hybridized carbons (Fsp3) is 0.571. The van der Waals surface area contributed by atoms with Gasteiger partial charge in [0.15, 0.2) is 0 Å². The second kappa shape index (κ2) is 6.07. The first-order chi connectivity index (χ1) is 9.97. The monoisotopic (exact) mass is 291 g/mol. The molecule has 2 N–H and O–H groups in total. The van der Waals surface area contributed by atoms with Gasteiger partial charge < -0.3 is 10.2 Å². The van der Waals surface area contributed by atoms with Gasteiger partial charge in [-0.05, 0) is 27.2 Å². The number of anilines is 2. The molecule has 1 aliphatic rings. The van der Waals surface area contributed by atoms with Crippen LogP contribution in [0.5, 0.6) is 0 Å². The Hall–Kier alpha value is -2.18. The molecule has 7 heteroatoms. The van der Waals surface area contributed by atoms with Gasteiger partial charge in [-0.15, -0.1) is 0 Å². The van der Waals surface area contributed by atoms with Crippen molar-refractivity contribution in [2.45, 2.75) is 40.2 Å². The maximum Gasteiger partial charge on any atom is 0.249 e. The second-order valence-electron chi connectivity index (χ2n) is 5.06. The molecule has 21 heavy (non-hydrogen) atoms. The topological polar surface area (TPSA) is 87.2 Å². The molecule has 1 unspecified atom stereocenters. The SMILES string of the molecule is CCNc1nc(C)nc(N2CC(=O)NC(=O)C2CC)c1C. The molecular weight excluding hydrogens is 270 g/mol. The van der Waals surface area contributed by atoms with Crippen molar-refractivity contribution in [3.8, 4) is 0 Å². The Labute approximate surface area is 124 Å². The van der Waals surface area contributed by atoms with Gasteiger partial charge in [0, 0.05) is 12.1 Å². The standard InChI is InChI=1S/C14H21N5O2/c1-5-10-14(21)18-11(20)7-19(10)13-8(3)12(15-6-2)16-9(4)17-13/h10H,5-7H2,1-4H3,(H,15,16,17)(H,18,20,21). The molecule has 2 rings (SSSR count). The van der Waals surface area contributed by atoms with E-state index >= 15 is 0 Å². The van der Waals surface area contributed by atoms with E-state index in [2.05, 4.69) is 20.6 Å². The molecule has 2 amide bonds. The van der Waals surface area contributed by atoms with Crippen molar-refractivity contribution in [3.05, 3.63) is 11.4 Å². The van der Waals surface area contributed by atoms with Gasteiger partial charge in [-0.1, -0.05) is 6.92 Å². The molecule has 1 aromatic heterocycles. The van der Waals surface area contributed by atoms with Crippen LogP contribution in [0.25, 0.3) is 0 Å². The zero-order chi connectivity index (χ0) is 15.6. The van der Waals surface area contributed by atoms with E-state index in [4.69, 9.17) is 0 Å². The van der Waals surface area contributed by atoms with Crippen molar-refractivity contribution in [1.82, 2.24) is 15.3 Å². The average molecular weight is 291 g/mol. The first-order valence-electron chi connectivity index (χ1n) is 7.17. The minimum atomic E-state index is -0.384. The van der Waals surface area contributed by atoms with Crippen LogP contribution >= 0.6 is 0 Å². The minimum absolute atomic E-state index is 0.132. The summed E-state index contributed by atoms with van der Waals surface area (Å²) in [4.78, 5) is 34.3. The lowest BCUT2D eigenvalue weighted by Gasteiger charge is -2.35. The zero-order valence-corrected chi connectivity index (χ0v) is 12.9. The number of imide groups is 1. The van der Waals surface area contributed by atoms with Crippen LogP contribution < -0.4 is 15.5 Å². The van der Waals surface area contributed by atoms with Gasteiger partial charge in [0.1, 0.15) is 23.5 Å². The van der Waals surface area contributed by atoms with E-state index in [-0.39, 0.29) is 24.4 Å². The van der Waals surface area contributed by atoms with Crippen LogP contribution in [0.1, 0.15) is 31.7 Å². The lowest BCUT2D eigenvalue weighted by Crippen LogP contribution is -2.58. The predicted molar refractivity (Wildman–Crippen MR) is 80.2 cm³/mol. The number of aryl methyl sites for hydroxylation is 1. The minimum Gasteiger partial charge on any atom is -0.370 e. The third-order valence-electron chi connectivity index (χ3n) is 3.49. The summed E-state index contributed by atoms with van der Waals surface area (Å²) in [7, 11) is 0. The number of carbonyl (C=O) groups excluding carboxylic acids is 2. The van der Waals surface area contributed by atoms with Crippen molar-refractivity contribution in [2.24, 2.45) is 0 Å². The van der Waals surface area contributed by atoms with E-state index in [9.17, 15) is 9.59 Å². The smallest absolute Gasteiger partial charge is 0.249 e. The van der Waals surface area contributed by atoms with Crippen LogP contribution in [0.15, 0.2) is 0 Å². The Morgan fingerprint density at radius 2 is 2.00 bits per heavy atom. The molecule has 114 valence electrons. The molecule has 0 bridgehead atoms. The highest BCUT2D eigenvalue weighted by Gasteiger charge is 2.34. The summed E-state index contributed by atoms with van der Waals surface area (Å²) in [6.45, 7) is 8.48. The maximum atomic E-state index is 12.0. The highest BCUT2D eigenvalue weighted by Crippen LogP contribution is 2.27. The summed E-state index contributed by atoms with van der Waals surface area (Å²) >= 11 is 0. The van der Waals surface area contributed by atoms with E-state index in [0.717, 1.165) is 17.9 Å². The van der Waals surface area contributed by atoms with Crippen LogP contribution in [0.3, 0.4) is 0 Å². The fourth-order valence-corrected chi connectivity index (χ4v) is 2.53. The molecule has 2 heterocycles. The number of piperazine rings is 1. The normalized spacial score (nSPS) is 18.7. The fourth-order valence-electron chi connectivity index (χ4n) is 2.53. The van der Waals surface area contributed by atoms with Gasteiger partial charge in [-0.2, -0.15) is 0 Å². The summed E-state index contributed by atoms with van der Waals surface area (Å²) in [5.41, 5.74) is 0.850. The van der Waals surface area contributed by atoms with Crippen LogP contribution in [-0.2, 0) is 9.59 Å². The highest BCUT2D eigenvalue weighted by molar-refractivity contribution is 6.04. The molecule has 7 nitrogen and oxygen atoms in total. The average Bonchev–Trinajstić information content (AvgIpc) is 2.42. The van der Waals surface area contributed by atoms with E-state index in [1.165, 1.54) is 0 Å². The van der Waals surface area contributed by atoms with Gasteiger partial charge in [0.05, 0.1) is 6.54 Å². The third kappa shape index (κ3) is 2.96. The van der Waals surface area contributed by atoms with Crippen LogP contribution in [-0.4, -0.2) is 40.9 Å². The molecule has 0 saturated carbocycles. The van der Waals surface area contributed by atoms with Crippen molar-refractivity contribution in [3.63, 3.8) is 0 Å². The Morgan fingerprint density at radius 1 is 1.29 bits per heavy atom. The van der Waals surface area contributed by atoms with Gasteiger partial charge in [-0.3, -0.25) is 14.9 Å². The number of hydrogen-bond acceptors (Lipinski definition) is 6. The van der Waals surface area contributed by atoms with Crippen molar-refractivity contribution < 1.29 is 9.59 Å². The lowest BCUT2D eigenvalue weighted by atomic mass is 10.1. The predicted octanol–water partition coefficient (Wildman–Crippen LogP) is 0.767. The van der Waals surface area contributed by atoms with Gasteiger partial charge >= 0.3 is 0 Å². The Morgan fingerprint density at radius 3 is 2.62 bits per heavy atom. The molecule has 1 atom stereocenters. The summed E-state index contributed by atoms with van der Waals surface area (Å²) < 4.78 is 0. The van der Waals surface area contributed by atoms with Crippen LogP contribution in [0.2, 0.25) is 0 Å².